The van der Waals surface area contributed by atoms with E-state index >= 15 is 0 Å². The van der Waals surface area contributed by atoms with Crippen molar-refractivity contribution in [2.45, 2.75) is 19.2 Å². The van der Waals surface area contributed by atoms with Gasteiger partial charge in [0.25, 0.3) is 5.91 Å². The summed E-state index contributed by atoms with van der Waals surface area (Å²) in [5, 5.41) is 2.37. The molecule has 128 valence electrons. The Morgan fingerprint density at radius 1 is 1.04 bits per heavy atom. The molecule has 0 saturated heterocycles. The molecular weight excluding hydrogens is 333 g/mol. The fourth-order valence-electron chi connectivity index (χ4n) is 1.79. The third kappa shape index (κ3) is 4.43. The molecule has 0 radical (unpaired) electrons. The average Bonchev–Trinajstić information content (AvgIpc) is 2.50. The molecule has 0 aliphatic heterocycles. The molecule has 0 spiro atoms. The fraction of sp³-hybridized carbons (Fsp3) is 0.188. The van der Waals surface area contributed by atoms with Gasteiger partial charge >= 0.3 is 6.18 Å². The van der Waals surface area contributed by atoms with Gasteiger partial charge < -0.3 is 10.1 Å². The van der Waals surface area contributed by atoms with Crippen LogP contribution in [0.25, 0.3) is 0 Å². The first-order valence-electron chi connectivity index (χ1n) is 6.76. The van der Waals surface area contributed by atoms with Gasteiger partial charge in [-0.2, -0.15) is 13.2 Å². The highest BCUT2D eigenvalue weighted by molar-refractivity contribution is 5.94. The van der Waals surface area contributed by atoms with Crippen LogP contribution in [0.5, 0.6) is 5.75 Å². The zero-order valence-electron chi connectivity index (χ0n) is 12.3. The van der Waals surface area contributed by atoms with Gasteiger partial charge in [0, 0.05) is 11.8 Å². The summed E-state index contributed by atoms with van der Waals surface area (Å²) in [7, 11) is 0. The lowest BCUT2D eigenvalue weighted by molar-refractivity contribution is -0.137. The van der Waals surface area contributed by atoms with Crippen LogP contribution in [0, 0.1) is 11.6 Å². The molecule has 0 fully saturated rings. The van der Waals surface area contributed by atoms with E-state index in [0.717, 1.165) is 42.5 Å². The lowest BCUT2D eigenvalue weighted by Crippen LogP contribution is -2.30. The molecule has 24 heavy (non-hydrogen) atoms. The Bertz CT molecular complexity index is 728. The Morgan fingerprint density at radius 2 is 1.67 bits per heavy atom. The first kappa shape index (κ1) is 17.7. The smallest absolute Gasteiger partial charge is 0.416 e. The van der Waals surface area contributed by atoms with Gasteiger partial charge in [-0.25, -0.2) is 8.78 Å². The molecule has 0 bridgehead atoms. The molecule has 2 aromatic carbocycles. The number of hydrogen-bond donors (Lipinski definition) is 1. The minimum atomic E-state index is -4.47. The largest absolute Gasteiger partial charge is 0.481 e. The Morgan fingerprint density at radius 3 is 2.21 bits per heavy atom. The third-order valence-corrected chi connectivity index (χ3v) is 3.05. The SMILES string of the molecule is CC(Oc1ccc(F)c(F)c1)C(=O)Nc1ccc(C(F)(F)F)cc1. The summed E-state index contributed by atoms with van der Waals surface area (Å²) in [6.07, 6.45) is -5.54. The first-order chi connectivity index (χ1) is 11.2. The van der Waals surface area contributed by atoms with E-state index < -0.39 is 35.4 Å². The molecule has 2 rings (SSSR count). The molecule has 1 N–H and O–H groups in total. The Balaban J connectivity index is 1.99. The third-order valence-electron chi connectivity index (χ3n) is 3.05. The van der Waals surface area contributed by atoms with Crippen LogP contribution in [0.2, 0.25) is 0 Å². The summed E-state index contributed by atoms with van der Waals surface area (Å²) in [5.74, 6) is -2.88. The summed E-state index contributed by atoms with van der Waals surface area (Å²) in [6.45, 7) is 1.36. The average molecular weight is 345 g/mol. The summed E-state index contributed by atoms with van der Waals surface area (Å²) >= 11 is 0. The number of anilines is 1. The quantitative estimate of drug-likeness (QED) is 0.835. The molecular formula is C16H12F5NO2. The Kier molecular flexibility index (Phi) is 5.06. The van der Waals surface area contributed by atoms with Crippen molar-refractivity contribution in [3.8, 4) is 5.75 Å². The van der Waals surface area contributed by atoms with Crippen molar-refractivity contribution in [1.82, 2.24) is 0 Å². The lowest BCUT2D eigenvalue weighted by Gasteiger charge is -2.15. The van der Waals surface area contributed by atoms with Gasteiger partial charge in [0.2, 0.25) is 0 Å². The number of amides is 1. The van der Waals surface area contributed by atoms with E-state index in [4.69, 9.17) is 4.74 Å². The number of rotatable bonds is 4. The van der Waals surface area contributed by atoms with E-state index in [1.165, 1.54) is 6.92 Å². The second kappa shape index (κ2) is 6.86. The van der Waals surface area contributed by atoms with Gasteiger partial charge in [-0.05, 0) is 43.3 Å². The molecule has 3 nitrogen and oxygen atoms in total. The maximum atomic E-state index is 13.1. The number of benzene rings is 2. The summed E-state index contributed by atoms with van der Waals surface area (Å²) in [4.78, 5) is 11.9. The molecule has 0 saturated carbocycles. The minimum absolute atomic E-state index is 0.0519. The van der Waals surface area contributed by atoms with Crippen molar-refractivity contribution >= 4 is 11.6 Å². The van der Waals surface area contributed by atoms with Gasteiger partial charge in [0.15, 0.2) is 17.7 Å². The van der Waals surface area contributed by atoms with Gasteiger partial charge in [-0.1, -0.05) is 0 Å². The Hall–Kier alpha value is -2.64. The number of halogens is 5. The van der Waals surface area contributed by atoms with E-state index in [2.05, 4.69) is 5.32 Å². The van der Waals surface area contributed by atoms with E-state index in [1.807, 2.05) is 0 Å². The molecule has 1 amide bonds. The second-order valence-corrected chi connectivity index (χ2v) is 4.90. The number of hydrogen-bond acceptors (Lipinski definition) is 2. The van der Waals surface area contributed by atoms with Crippen molar-refractivity contribution in [2.24, 2.45) is 0 Å². The summed E-state index contributed by atoms with van der Waals surface area (Å²) < 4.78 is 68.4. The van der Waals surface area contributed by atoms with E-state index in [9.17, 15) is 26.7 Å². The highest BCUT2D eigenvalue weighted by Gasteiger charge is 2.30. The van der Waals surface area contributed by atoms with Gasteiger partial charge in [-0.15, -0.1) is 0 Å². The van der Waals surface area contributed by atoms with Crippen LogP contribution in [-0.2, 0) is 11.0 Å². The maximum absolute atomic E-state index is 13.1. The van der Waals surface area contributed by atoms with E-state index in [0.29, 0.717) is 0 Å². The van der Waals surface area contributed by atoms with Crippen LogP contribution in [0.15, 0.2) is 42.5 Å². The predicted molar refractivity (Wildman–Crippen MR) is 76.5 cm³/mol. The van der Waals surface area contributed by atoms with Crippen molar-refractivity contribution < 1.29 is 31.5 Å². The van der Waals surface area contributed by atoms with Crippen LogP contribution in [0.3, 0.4) is 0 Å². The molecule has 0 aromatic heterocycles. The molecule has 0 heterocycles. The van der Waals surface area contributed by atoms with Crippen LogP contribution < -0.4 is 10.1 Å². The molecule has 0 aliphatic carbocycles. The molecule has 1 unspecified atom stereocenters. The highest BCUT2D eigenvalue weighted by atomic mass is 19.4. The first-order valence-corrected chi connectivity index (χ1v) is 6.76. The van der Waals surface area contributed by atoms with Crippen LogP contribution >= 0.6 is 0 Å². The van der Waals surface area contributed by atoms with Crippen molar-refractivity contribution in [3.05, 3.63) is 59.7 Å². The summed E-state index contributed by atoms with van der Waals surface area (Å²) in [5.41, 5.74) is -0.694. The van der Waals surface area contributed by atoms with Gasteiger partial charge in [-0.3, -0.25) is 4.79 Å². The molecule has 1 atom stereocenters. The topological polar surface area (TPSA) is 38.3 Å². The number of alkyl halides is 3. The van der Waals surface area contributed by atoms with Gasteiger partial charge in [0.05, 0.1) is 5.56 Å². The van der Waals surface area contributed by atoms with Crippen molar-refractivity contribution in [2.75, 3.05) is 5.32 Å². The predicted octanol–water partition coefficient (Wildman–Crippen LogP) is 4.39. The highest BCUT2D eigenvalue weighted by Crippen LogP contribution is 2.29. The molecule has 8 heteroatoms. The number of ether oxygens (including phenoxy) is 1. The zero-order chi connectivity index (χ0) is 17.9. The van der Waals surface area contributed by atoms with Crippen LogP contribution in [0.4, 0.5) is 27.6 Å². The monoisotopic (exact) mass is 345 g/mol. The summed E-state index contributed by atoms with van der Waals surface area (Å²) in [6, 6.07) is 6.66. The Labute approximate surface area is 134 Å². The molecule has 0 aliphatic rings. The standard InChI is InChI=1S/C16H12F5NO2/c1-9(24-12-6-7-13(17)14(18)8-12)15(23)22-11-4-2-10(3-5-11)16(19,20)21/h2-9H,1H3,(H,22,23). The van der Waals surface area contributed by atoms with E-state index in [-0.39, 0.29) is 11.4 Å². The van der Waals surface area contributed by atoms with Crippen molar-refractivity contribution in [3.63, 3.8) is 0 Å². The van der Waals surface area contributed by atoms with E-state index in [1.54, 1.807) is 0 Å². The lowest BCUT2D eigenvalue weighted by atomic mass is 10.2. The minimum Gasteiger partial charge on any atom is -0.481 e. The number of carbonyl (C=O) groups is 1. The zero-order valence-corrected chi connectivity index (χ0v) is 12.3. The van der Waals surface area contributed by atoms with Crippen molar-refractivity contribution in [1.29, 1.82) is 0 Å². The fourth-order valence-corrected chi connectivity index (χ4v) is 1.79. The van der Waals surface area contributed by atoms with Crippen LogP contribution in [-0.4, -0.2) is 12.0 Å². The molecule has 2 aromatic rings. The van der Waals surface area contributed by atoms with Gasteiger partial charge in [0.1, 0.15) is 5.75 Å². The normalized spacial score (nSPS) is 12.6. The maximum Gasteiger partial charge on any atom is 0.416 e. The van der Waals surface area contributed by atoms with Crippen LogP contribution in [0.1, 0.15) is 12.5 Å². The second-order valence-electron chi connectivity index (χ2n) is 4.90. The number of carbonyl (C=O) groups excluding carboxylic acids is 1. The number of nitrogens with one attached hydrogen (secondary N) is 1.